The summed E-state index contributed by atoms with van der Waals surface area (Å²) in [5, 5.41) is 0. The number of amides is 1. The van der Waals surface area contributed by atoms with Crippen molar-refractivity contribution >= 4 is 5.91 Å². The topological polar surface area (TPSA) is 99.6 Å². The molecule has 1 atom stereocenters. The van der Waals surface area contributed by atoms with E-state index in [4.69, 9.17) is 21.1 Å². The van der Waals surface area contributed by atoms with Crippen molar-refractivity contribution in [2.75, 3.05) is 14.2 Å². The molecule has 0 heterocycles. The first-order valence-electron chi connectivity index (χ1n) is 5.03. The monoisotopic (exact) mass is 239 g/mol. The van der Waals surface area contributed by atoms with Crippen molar-refractivity contribution in [2.45, 2.75) is 13.0 Å². The number of hydrogen-bond acceptors (Lipinski definition) is 5. The highest BCUT2D eigenvalue weighted by molar-refractivity contribution is 5.83. The summed E-state index contributed by atoms with van der Waals surface area (Å²) in [5.74, 6) is 5.71. The van der Waals surface area contributed by atoms with Gasteiger partial charge in [0, 0.05) is 0 Å². The zero-order valence-electron chi connectivity index (χ0n) is 10.1. The molecule has 17 heavy (non-hydrogen) atoms. The van der Waals surface area contributed by atoms with Crippen LogP contribution in [0.2, 0.25) is 0 Å². The number of carbonyl (C=O) groups is 1. The minimum Gasteiger partial charge on any atom is -0.493 e. The van der Waals surface area contributed by atoms with Crippen molar-refractivity contribution in [2.24, 2.45) is 11.6 Å². The van der Waals surface area contributed by atoms with Crippen LogP contribution in [0.5, 0.6) is 11.5 Å². The number of hydrazine groups is 1. The number of nitrogens with two attached hydrogens (primary N) is 2. The molecule has 0 aliphatic carbocycles. The Kier molecular flexibility index (Phi) is 4.30. The molecule has 1 unspecified atom stereocenters. The van der Waals surface area contributed by atoms with Gasteiger partial charge in [-0.25, -0.2) is 5.84 Å². The summed E-state index contributed by atoms with van der Waals surface area (Å²) < 4.78 is 10.3. The molecule has 0 saturated heterocycles. The number of aryl methyl sites for hydroxylation is 1. The van der Waals surface area contributed by atoms with Crippen LogP contribution < -0.4 is 26.5 Å². The fourth-order valence-electron chi connectivity index (χ4n) is 1.56. The first-order chi connectivity index (χ1) is 8.04. The van der Waals surface area contributed by atoms with E-state index in [2.05, 4.69) is 0 Å². The highest BCUT2D eigenvalue weighted by atomic mass is 16.5. The molecule has 0 spiro atoms. The fourth-order valence-corrected chi connectivity index (χ4v) is 1.56. The number of carbonyl (C=O) groups excluding carboxylic acids is 1. The van der Waals surface area contributed by atoms with Gasteiger partial charge in [-0.3, -0.25) is 10.2 Å². The Labute approximate surface area is 99.8 Å². The SMILES string of the molecule is COc1cc(C)c(C(N)C(=O)NN)cc1OC. The fraction of sp³-hybridized carbons (Fsp3) is 0.364. The van der Waals surface area contributed by atoms with Crippen LogP contribution in [0.3, 0.4) is 0 Å². The van der Waals surface area contributed by atoms with E-state index >= 15 is 0 Å². The molecule has 0 radical (unpaired) electrons. The van der Waals surface area contributed by atoms with Gasteiger partial charge in [-0.15, -0.1) is 0 Å². The van der Waals surface area contributed by atoms with Crippen LogP contribution in [-0.4, -0.2) is 20.1 Å². The summed E-state index contributed by atoms with van der Waals surface area (Å²) in [6.45, 7) is 1.83. The molecule has 1 aromatic rings. The van der Waals surface area contributed by atoms with Gasteiger partial charge in [0.2, 0.25) is 0 Å². The maximum atomic E-state index is 11.4. The lowest BCUT2D eigenvalue weighted by Gasteiger charge is -2.16. The Morgan fingerprint density at radius 2 is 1.82 bits per heavy atom. The highest BCUT2D eigenvalue weighted by Crippen LogP contribution is 2.32. The predicted octanol–water partition coefficient (Wildman–Crippen LogP) is 0.00192. The minimum absolute atomic E-state index is 0.458. The maximum absolute atomic E-state index is 11.4. The van der Waals surface area contributed by atoms with E-state index in [1.165, 1.54) is 7.11 Å². The Hall–Kier alpha value is -1.79. The second-order valence-corrected chi connectivity index (χ2v) is 3.55. The molecule has 0 aliphatic heterocycles. The smallest absolute Gasteiger partial charge is 0.255 e. The number of hydrogen-bond donors (Lipinski definition) is 3. The molecule has 0 bridgehead atoms. The van der Waals surface area contributed by atoms with E-state index < -0.39 is 11.9 Å². The standard InChI is InChI=1S/C11H17N3O3/c1-6-4-8(16-2)9(17-3)5-7(6)10(12)11(15)14-13/h4-5,10H,12-13H2,1-3H3,(H,14,15). The summed E-state index contributed by atoms with van der Waals surface area (Å²) in [7, 11) is 3.06. The van der Waals surface area contributed by atoms with E-state index in [9.17, 15) is 4.79 Å². The molecule has 6 heteroatoms. The zero-order chi connectivity index (χ0) is 13.0. The van der Waals surface area contributed by atoms with Crippen molar-refractivity contribution in [3.05, 3.63) is 23.3 Å². The normalized spacial score (nSPS) is 11.8. The zero-order valence-corrected chi connectivity index (χ0v) is 10.1. The molecule has 1 rings (SSSR count). The lowest BCUT2D eigenvalue weighted by atomic mass is 10.0. The van der Waals surface area contributed by atoms with Gasteiger partial charge in [0.15, 0.2) is 11.5 Å². The van der Waals surface area contributed by atoms with Crippen molar-refractivity contribution in [3.8, 4) is 11.5 Å². The van der Waals surface area contributed by atoms with Gasteiger partial charge < -0.3 is 15.2 Å². The summed E-state index contributed by atoms with van der Waals surface area (Å²) in [4.78, 5) is 11.4. The quantitative estimate of drug-likeness (QED) is 0.390. The predicted molar refractivity (Wildman–Crippen MR) is 63.5 cm³/mol. The molecule has 1 amide bonds. The summed E-state index contributed by atoms with van der Waals surface area (Å²) in [6.07, 6.45) is 0. The van der Waals surface area contributed by atoms with E-state index in [1.807, 2.05) is 12.3 Å². The Bertz CT molecular complexity index is 421. The number of ether oxygens (including phenoxy) is 2. The molecular weight excluding hydrogens is 222 g/mol. The van der Waals surface area contributed by atoms with Gasteiger partial charge in [-0.1, -0.05) is 0 Å². The molecule has 94 valence electrons. The van der Waals surface area contributed by atoms with Crippen LogP contribution in [0.4, 0.5) is 0 Å². The maximum Gasteiger partial charge on any atom is 0.255 e. The molecule has 0 aliphatic rings. The van der Waals surface area contributed by atoms with Gasteiger partial charge in [0.1, 0.15) is 6.04 Å². The molecule has 0 fully saturated rings. The third-order valence-corrected chi connectivity index (χ3v) is 2.53. The van der Waals surface area contributed by atoms with Gasteiger partial charge in [0.05, 0.1) is 14.2 Å². The third-order valence-electron chi connectivity index (χ3n) is 2.53. The molecule has 6 nitrogen and oxygen atoms in total. The molecule has 0 saturated carbocycles. The number of methoxy groups -OCH3 is 2. The highest BCUT2D eigenvalue weighted by Gasteiger charge is 2.19. The van der Waals surface area contributed by atoms with Crippen molar-refractivity contribution in [1.29, 1.82) is 0 Å². The lowest BCUT2D eigenvalue weighted by Crippen LogP contribution is -2.38. The Balaban J connectivity index is 3.21. The molecule has 1 aromatic carbocycles. The Morgan fingerprint density at radius 1 is 1.29 bits per heavy atom. The number of nitrogens with one attached hydrogen (secondary N) is 1. The number of rotatable bonds is 4. The summed E-state index contributed by atoms with van der Waals surface area (Å²) in [5.41, 5.74) is 9.27. The summed E-state index contributed by atoms with van der Waals surface area (Å²) in [6, 6.07) is 2.60. The van der Waals surface area contributed by atoms with Gasteiger partial charge in [-0.2, -0.15) is 0 Å². The van der Waals surface area contributed by atoms with E-state index in [1.54, 1.807) is 19.2 Å². The van der Waals surface area contributed by atoms with Gasteiger partial charge in [0.25, 0.3) is 5.91 Å². The lowest BCUT2D eigenvalue weighted by molar-refractivity contribution is -0.122. The van der Waals surface area contributed by atoms with Crippen LogP contribution in [0.15, 0.2) is 12.1 Å². The first kappa shape index (κ1) is 13.3. The second-order valence-electron chi connectivity index (χ2n) is 3.55. The minimum atomic E-state index is -0.834. The van der Waals surface area contributed by atoms with Crippen LogP contribution in [0, 0.1) is 6.92 Å². The van der Waals surface area contributed by atoms with E-state index in [0.29, 0.717) is 17.1 Å². The average Bonchev–Trinajstić information content (AvgIpc) is 2.36. The molecule has 0 aromatic heterocycles. The second kappa shape index (κ2) is 5.51. The molecular formula is C11H17N3O3. The largest absolute Gasteiger partial charge is 0.493 e. The van der Waals surface area contributed by atoms with Crippen LogP contribution in [0.25, 0.3) is 0 Å². The first-order valence-corrected chi connectivity index (χ1v) is 5.03. The average molecular weight is 239 g/mol. The Morgan fingerprint density at radius 3 is 2.29 bits per heavy atom. The third kappa shape index (κ3) is 2.66. The van der Waals surface area contributed by atoms with Crippen molar-refractivity contribution in [1.82, 2.24) is 5.43 Å². The van der Waals surface area contributed by atoms with Gasteiger partial charge >= 0.3 is 0 Å². The van der Waals surface area contributed by atoms with Crippen LogP contribution in [0.1, 0.15) is 17.2 Å². The van der Waals surface area contributed by atoms with Crippen LogP contribution in [-0.2, 0) is 4.79 Å². The van der Waals surface area contributed by atoms with Gasteiger partial charge in [-0.05, 0) is 30.2 Å². The van der Waals surface area contributed by atoms with Crippen molar-refractivity contribution < 1.29 is 14.3 Å². The van der Waals surface area contributed by atoms with Crippen molar-refractivity contribution in [3.63, 3.8) is 0 Å². The summed E-state index contributed by atoms with van der Waals surface area (Å²) >= 11 is 0. The van der Waals surface area contributed by atoms with Crippen LogP contribution >= 0.6 is 0 Å². The molecule has 5 N–H and O–H groups in total. The van der Waals surface area contributed by atoms with E-state index in [-0.39, 0.29) is 0 Å². The number of benzene rings is 1. The van der Waals surface area contributed by atoms with E-state index in [0.717, 1.165) is 5.56 Å².